The van der Waals surface area contributed by atoms with Crippen molar-refractivity contribution in [2.75, 3.05) is 25.5 Å². The topological polar surface area (TPSA) is 40.6 Å². The molecule has 0 bridgehead atoms. The van der Waals surface area contributed by atoms with Crippen LogP contribution < -0.4 is 0 Å². The van der Waals surface area contributed by atoms with E-state index < -0.39 is 0 Å². The minimum Gasteiger partial charge on any atom is -0.333 e. The van der Waals surface area contributed by atoms with E-state index in [4.69, 9.17) is 11.6 Å². The smallest absolute Gasteiger partial charge is 0.312 e. The first kappa shape index (κ1) is 13.3. The number of hydrogen-bond acceptors (Lipinski definition) is 2. The number of unbranched alkanes of at least 4 members (excludes halogenated alkanes) is 1. The highest BCUT2D eigenvalue weighted by atomic mass is 35.5. The van der Waals surface area contributed by atoms with Crippen molar-refractivity contribution >= 4 is 23.4 Å². The quantitative estimate of drug-likeness (QED) is 0.414. The highest BCUT2D eigenvalue weighted by Gasteiger charge is 2.33. The molecule has 0 aromatic heterocycles. The molecule has 0 atom stereocenters. The molecule has 1 rings (SSSR count). The molecule has 1 heterocycles. The number of amides is 2. The second-order valence-corrected chi connectivity index (χ2v) is 4.66. The zero-order valence-electron chi connectivity index (χ0n) is 9.91. The van der Waals surface area contributed by atoms with Gasteiger partial charge in [0, 0.05) is 31.6 Å². The summed E-state index contributed by atoms with van der Waals surface area (Å²) in [6.45, 7) is 5.78. The predicted molar refractivity (Wildman–Crippen MR) is 63.4 cm³/mol. The Morgan fingerprint density at radius 3 is 2.44 bits per heavy atom. The Bertz CT molecular complexity index is 269. The van der Waals surface area contributed by atoms with Crippen LogP contribution >= 0.6 is 11.6 Å². The van der Waals surface area contributed by atoms with Gasteiger partial charge < -0.3 is 9.80 Å². The molecule has 1 aliphatic heterocycles. The van der Waals surface area contributed by atoms with Gasteiger partial charge in [0.1, 0.15) is 0 Å². The summed E-state index contributed by atoms with van der Waals surface area (Å²) in [5.41, 5.74) is 0. The van der Waals surface area contributed by atoms with Gasteiger partial charge in [-0.3, -0.25) is 9.59 Å². The normalized spacial score (nSPS) is 17.5. The van der Waals surface area contributed by atoms with Crippen LogP contribution in [0.15, 0.2) is 0 Å². The average Bonchev–Trinajstić information content (AvgIpc) is 2.24. The highest BCUT2D eigenvalue weighted by Crippen LogP contribution is 2.09. The van der Waals surface area contributed by atoms with E-state index in [2.05, 4.69) is 0 Å². The number of alkyl halides is 1. The van der Waals surface area contributed by atoms with Crippen LogP contribution in [0, 0.1) is 0 Å². The van der Waals surface area contributed by atoms with Gasteiger partial charge in [-0.2, -0.15) is 0 Å². The van der Waals surface area contributed by atoms with E-state index >= 15 is 0 Å². The molecule has 1 fully saturated rings. The fraction of sp³-hybridized carbons (Fsp3) is 0.818. The fourth-order valence-corrected chi connectivity index (χ4v) is 1.98. The van der Waals surface area contributed by atoms with Gasteiger partial charge in [0.25, 0.3) is 0 Å². The van der Waals surface area contributed by atoms with Gasteiger partial charge >= 0.3 is 11.8 Å². The minimum atomic E-state index is -0.368. The van der Waals surface area contributed by atoms with Crippen LogP contribution in [-0.2, 0) is 9.59 Å². The molecule has 2 amide bonds. The number of rotatable bonds is 5. The summed E-state index contributed by atoms with van der Waals surface area (Å²) in [7, 11) is 0. The zero-order chi connectivity index (χ0) is 12.1. The van der Waals surface area contributed by atoms with Gasteiger partial charge in [0.05, 0.1) is 0 Å². The molecule has 0 radical (unpaired) electrons. The Kier molecular flexibility index (Phi) is 5.06. The third kappa shape index (κ3) is 3.11. The molecule has 0 unspecified atom stereocenters. The Balaban J connectivity index is 2.48. The molecular formula is C11H19ClN2O2. The summed E-state index contributed by atoms with van der Waals surface area (Å²) in [5, 5.41) is 0. The first-order valence-corrected chi connectivity index (χ1v) is 6.27. The van der Waals surface area contributed by atoms with E-state index in [0.717, 1.165) is 12.8 Å². The minimum absolute atomic E-state index is 0.0986. The van der Waals surface area contributed by atoms with Crippen LogP contribution in [0.25, 0.3) is 0 Å². The van der Waals surface area contributed by atoms with E-state index in [-0.39, 0.29) is 17.9 Å². The molecule has 92 valence electrons. The van der Waals surface area contributed by atoms with Crippen LogP contribution in [0.2, 0.25) is 0 Å². The van der Waals surface area contributed by atoms with Crippen LogP contribution in [0.4, 0.5) is 0 Å². The predicted octanol–water partition coefficient (Wildman–Crippen LogP) is 1.08. The lowest BCUT2D eigenvalue weighted by Gasteiger charge is -2.36. The van der Waals surface area contributed by atoms with E-state index in [1.54, 1.807) is 9.80 Å². The van der Waals surface area contributed by atoms with Crippen LogP contribution in [-0.4, -0.2) is 53.2 Å². The van der Waals surface area contributed by atoms with E-state index in [9.17, 15) is 9.59 Å². The summed E-state index contributed by atoms with van der Waals surface area (Å²) >= 11 is 5.57. The molecular weight excluding hydrogens is 228 g/mol. The van der Waals surface area contributed by atoms with Gasteiger partial charge in [-0.25, -0.2) is 0 Å². The monoisotopic (exact) mass is 246 g/mol. The lowest BCUT2D eigenvalue weighted by molar-refractivity contribution is -0.157. The molecule has 0 aliphatic carbocycles. The Hall–Kier alpha value is -0.770. The molecule has 0 aromatic carbocycles. The highest BCUT2D eigenvalue weighted by molar-refractivity contribution is 6.35. The zero-order valence-corrected chi connectivity index (χ0v) is 10.7. The summed E-state index contributed by atoms with van der Waals surface area (Å²) in [4.78, 5) is 26.7. The number of carbonyl (C=O) groups excluding carboxylic acids is 2. The molecule has 0 saturated carbocycles. The summed E-state index contributed by atoms with van der Waals surface area (Å²) < 4.78 is 0. The standard InChI is InChI=1S/C11H19ClN2O2/c1-9(2)14-8-7-13(6-4-3-5-12)10(15)11(14)16/h9H,3-8H2,1-2H3. The third-order valence-corrected chi connectivity index (χ3v) is 3.04. The third-order valence-electron chi connectivity index (χ3n) is 2.78. The second kappa shape index (κ2) is 6.09. The van der Waals surface area contributed by atoms with E-state index in [1.165, 1.54) is 0 Å². The molecule has 0 aromatic rings. The maximum absolute atomic E-state index is 11.7. The maximum atomic E-state index is 11.7. The van der Waals surface area contributed by atoms with Gasteiger partial charge in [0.15, 0.2) is 0 Å². The maximum Gasteiger partial charge on any atom is 0.312 e. The van der Waals surface area contributed by atoms with Crippen molar-refractivity contribution < 1.29 is 9.59 Å². The second-order valence-electron chi connectivity index (χ2n) is 4.28. The van der Waals surface area contributed by atoms with Crippen molar-refractivity contribution in [2.45, 2.75) is 32.7 Å². The molecule has 1 saturated heterocycles. The number of piperazine rings is 1. The average molecular weight is 247 g/mol. The van der Waals surface area contributed by atoms with Crippen LogP contribution in [0.3, 0.4) is 0 Å². The van der Waals surface area contributed by atoms with Gasteiger partial charge in [0.2, 0.25) is 0 Å². The molecule has 1 aliphatic rings. The first-order valence-electron chi connectivity index (χ1n) is 5.73. The Morgan fingerprint density at radius 1 is 1.19 bits per heavy atom. The largest absolute Gasteiger partial charge is 0.333 e. The Labute approximate surface area is 102 Å². The summed E-state index contributed by atoms with van der Waals surface area (Å²) in [6, 6.07) is 0.0986. The van der Waals surface area contributed by atoms with Crippen molar-refractivity contribution in [3.05, 3.63) is 0 Å². The SMILES string of the molecule is CC(C)N1CCN(CCCCCl)C(=O)C1=O. The molecule has 0 spiro atoms. The van der Waals surface area contributed by atoms with Gasteiger partial charge in [-0.05, 0) is 26.7 Å². The fourth-order valence-electron chi connectivity index (χ4n) is 1.79. The van der Waals surface area contributed by atoms with Crippen molar-refractivity contribution in [1.29, 1.82) is 0 Å². The van der Waals surface area contributed by atoms with Crippen molar-refractivity contribution in [3.8, 4) is 0 Å². The van der Waals surface area contributed by atoms with Crippen LogP contribution in [0.1, 0.15) is 26.7 Å². The van der Waals surface area contributed by atoms with Crippen LogP contribution in [0.5, 0.6) is 0 Å². The van der Waals surface area contributed by atoms with Crippen molar-refractivity contribution in [1.82, 2.24) is 9.80 Å². The molecule has 5 heteroatoms. The Morgan fingerprint density at radius 2 is 1.88 bits per heavy atom. The summed E-state index contributed by atoms with van der Waals surface area (Å²) in [6.07, 6.45) is 1.75. The lowest BCUT2D eigenvalue weighted by Crippen LogP contribution is -2.56. The van der Waals surface area contributed by atoms with Gasteiger partial charge in [-0.1, -0.05) is 0 Å². The molecule has 0 N–H and O–H groups in total. The number of hydrogen-bond donors (Lipinski definition) is 0. The number of carbonyl (C=O) groups is 2. The van der Waals surface area contributed by atoms with Crippen molar-refractivity contribution in [3.63, 3.8) is 0 Å². The number of halogens is 1. The van der Waals surface area contributed by atoms with Gasteiger partial charge in [-0.15, -0.1) is 11.6 Å². The molecule has 4 nitrogen and oxygen atoms in total. The number of nitrogens with zero attached hydrogens (tertiary/aromatic N) is 2. The molecule has 16 heavy (non-hydrogen) atoms. The lowest BCUT2D eigenvalue weighted by atomic mass is 10.2. The summed E-state index contributed by atoms with van der Waals surface area (Å²) in [5.74, 6) is -0.129. The van der Waals surface area contributed by atoms with E-state index in [1.807, 2.05) is 13.8 Å². The van der Waals surface area contributed by atoms with E-state index in [0.29, 0.717) is 25.5 Å². The van der Waals surface area contributed by atoms with Crippen molar-refractivity contribution in [2.24, 2.45) is 0 Å². The first-order chi connectivity index (χ1) is 7.57.